The Balaban J connectivity index is 1.78. The van der Waals surface area contributed by atoms with Crippen LogP contribution >= 0.6 is 0 Å². The van der Waals surface area contributed by atoms with Crippen LogP contribution in [-0.4, -0.2) is 22.0 Å². The van der Waals surface area contributed by atoms with Gasteiger partial charge in [-0.15, -0.1) is 0 Å². The van der Waals surface area contributed by atoms with E-state index in [9.17, 15) is 18.8 Å². The van der Waals surface area contributed by atoms with Gasteiger partial charge in [-0.1, -0.05) is 37.5 Å². The Labute approximate surface area is 150 Å². The zero-order valence-electron chi connectivity index (χ0n) is 14.5. The Morgan fingerprint density at radius 1 is 1.19 bits per heavy atom. The van der Waals surface area contributed by atoms with Gasteiger partial charge >= 0.3 is 5.69 Å². The molecule has 0 atom stereocenters. The van der Waals surface area contributed by atoms with Crippen LogP contribution in [0, 0.1) is 11.7 Å². The maximum atomic E-state index is 13.8. The maximum absolute atomic E-state index is 13.8. The molecule has 2 N–H and O–H groups in total. The molecular formula is C19H22FN3O3. The lowest BCUT2D eigenvalue weighted by molar-refractivity contribution is 0.0941. The van der Waals surface area contributed by atoms with Gasteiger partial charge in [0.05, 0.1) is 6.54 Å². The molecule has 0 radical (unpaired) electrons. The highest BCUT2D eigenvalue weighted by Crippen LogP contribution is 2.22. The SMILES string of the molecule is O=C(NCC1CCCCC1)c1c[nH]c(=O)n(Cc2ccccc2F)c1=O. The summed E-state index contributed by atoms with van der Waals surface area (Å²) in [6, 6.07) is 5.91. The summed E-state index contributed by atoms with van der Waals surface area (Å²) < 4.78 is 14.7. The Morgan fingerprint density at radius 3 is 2.65 bits per heavy atom. The second-order valence-electron chi connectivity index (χ2n) is 6.70. The topological polar surface area (TPSA) is 84.0 Å². The number of nitrogens with one attached hydrogen (secondary N) is 2. The number of halogens is 1. The summed E-state index contributed by atoms with van der Waals surface area (Å²) in [6.07, 6.45) is 6.82. The molecule has 1 aromatic carbocycles. The number of H-pyrrole nitrogens is 1. The highest BCUT2D eigenvalue weighted by molar-refractivity contribution is 5.93. The molecule has 2 aromatic rings. The molecule has 0 saturated heterocycles. The molecule has 1 aliphatic rings. The first-order valence-electron chi connectivity index (χ1n) is 8.90. The fourth-order valence-electron chi connectivity index (χ4n) is 3.34. The zero-order chi connectivity index (χ0) is 18.5. The van der Waals surface area contributed by atoms with Gasteiger partial charge in [-0.25, -0.2) is 9.18 Å². The third-order valence-electron chi connectivity index (χ3n) is 4.87. The van der Waals surface area contributed by atoms with Gasteiger partial charge < -0.3 is 10.3 Å². The van der Waals surface area contributed by atoms with Gasteiger partial charge in [-0.05, 0) is 24.8 Å². The third kappa shape index (κ3) is 4.09. The number of amides is 1. The van der Waals surface area contributed by atoms with Crippen molar-refractivity contribution in [3.8, 4) is 0 Å². The molecule has 1 fully saturated rings. The lowest BCUT2D eigenvalue weighted by atomic mass is 9.89. The van der Waals surface area contributed by atoms with Crippen molar-refractivity contribution < 1.29 is 9.18 Å². The number of benzene rings is 1. The van der Waals surface area contributed by atoms with Crippen molar-refractivity contribution in [3.63, 3.8) is 0 Å². The molecule has 0 aliphatic heterocycles. The molecule has 26 heavy (non-hydrogen) atoms. The zero-order valence-corrected chi connectivity index (χ0v) is 14.5. The summed E-state index contributed by atoms with van der Waals surface area (Å²) in [4.78, 5) is 39.3. The number of aromatic nitrogens is 2. The molecule has 7 heteroatoms. The predicted molar refractivity (Wildman–Crippen MR) is 95.7 cm³/mol. The largest absolute Gasteiger partial charge is 0.352 e. The van der Waals surface area contributed by atoms with Crippen molar-refractivity contribution in [1.29, 1.82) is 0 Å². The van der Waals surface area contributed by atoms with E-state index in [1.54, 1.807) is 6.07 Å². The number of nitrogens with zero attached hydrogens (tertiary/aromatic N) is 1. The van der Waals surface area contributed by atoms with E-state index < -0.39 is 23.0 Å². The summed E-state index contributed by atoms with van der Waals surface area (Å²) in [6.45, 7) is 0.287. The second kappa shape index (κ2) is 8.12. The Kier molecular flexibility index (Phi) is 5.65. The average Bonchev–Trinajstić information content (AvgIpc) is 2.65. The maximum Gasteiger partial charge on any atom is 0.328 e. The number of rotatable bonds is 5. The minimum Gasteiger partial charge on any atom is -0.352 e. The van der Waals surface area contributed by atoms with E-state index in [0.717, 1.165) is 36.4 Å². The number of aromatic amines is 1. The third-order valence-corrected chi connectivity index (χ3v) is 4.87. The van der Waals surface area contributed by atoms with Crippen LogP contribution in [0.5, 0.6) is 0 Å². The van der Waals surface area contributed by atoms with Gasteiger partial charge in [0.2, 0.25) is 0 Å². The van der Waals surface area contributed by atoms with Crippen LogP contribution in [0.3, 0.4) is 0 Å². The van der Waals surface area contributed by atoms with E-state index in [4.69, 9.17) is 0 Å². The molecule has 138 valence electrons. The van der Waals surface area contributed by atoms with Crippen LogP contribution in [0.25, 0.3) is 0 Å². The Morgan fingerprint density at radius 2 is 1.92 bits per heavy atom. The number of hydrogen-bond acceptors (Lipinski definition) is 3. The average molecular weight is 359 g/mol. The first-order valence-corrected chi connectivity index (χ1v) is 8.90. The fourth-order valence-corrected chi connectivity index (χ4v) is 3.34. The molecule has 0 bridgehead atoms. The minimum atomic E-state index is -0.724. The van der Waals surface area contributed by atoms with Gasteiger partial charge in [0, 0.05) is 18.3 Å². The smallest absolute Gasteiger partial charge is 0.328 e. The van der Waals surface area contributed by atoms with E-state index >= 15 is 0 Å². The fraction of sp³-hybridized carbons (Fsp3) is 0.421. The van der Waals surface area contributed by atoms with Gasteiger partial charge in [-0.2, -0.15) is 0 Å². The van der Waals surface area contributed by atoms with Gasteiger partial charge in [0.25, 0.3) is 11.5 Å². The van der Waals surface area contributed by atoms with Gasteiger partial charge in [0.15, 0.2) is 0 Å². The standard InChI is InChI=1S/C19H22FN3O3/c20-16-9-5-4-8-14(16)12-23-18(25)15(11-22-19(23)26)17(24)21-10-13-6-2-1-3-7-13/h4-5,8-9,11,13H,1-3,6-7,10,12H2,(H,21,24)(H,22,26). The molecule has 1 amide bonds. The number of hydrogen-bond donors (Lipinski definition) is 2. The lowest BCUT2D eigenvalue weighted by Gasteiger charge is -2.21. The van der Waals surface area contributed by atoms with Crippen LogP contribution < -0.4 is 16.6 Å². The Hall–Kier alpha value is -2.70. The van der Waals surface area contributed by atoms with Crippen molar-refractivity contribution in [2.75, 3.05) is 6.54 Å². The molecular weight excluding hydrogens is 337 g/mol. The monoisotopic (exact) mass is 359 g/mol. The molecule has 0 spiro atoms. The quantitative estimate of drug-likeness (QED) is 0.857. The van der Waals surface area contributed by atoms with Crippen molar-refractivity contribution in [3.05, 3.63) is 68.2 Å². The van der Waals surface area contributed by atoms with Crippen molar-refractivity contribution in [2.45, 2.75) is 38.6 Å². The van der Waals surface area contributed by atoms with Crippen LogP contribution in [0.1, 0.15) is 48.0 Å². The van der Waals surface area contributed by atoms with E-state index in [1.807, 2.05) is 0 Å². The highest BCUT2D eigenvalue weighted by Gasteiger charge is 2.18. The van der Waals surface area contributed by atoms with E-state index in [-0.39, 0.29) is 17.7 Å². The summed E-state index contributed by atoms with van der Waals surface area (Å²) in [5.74, 6) is -0.596. The van der Waals surface area contributed by atoms with Crippen molar-refractivity contribution >= 4 is 5.91 Å². The lowest BCUT2D eigenvalue weighted by Crippen LogP contribution is -2.41. The molecule has 1 aromatic heterocycles. The van der Waals surface area contributed by atoms with Crippen LogP contribution in [0.15, 0.2) is 40.1 Å². The summed E-state index contributed by atoms with van der Waals surface area (Å²) >= 11 is 0. The highest BCUT2D eigenvalue weighted by atomic mass is 19.1. The van der Waals surface area contributed by atoms with E-state index in [2.05, 4.69) is 10.3 Å². The molecule has 1 heterocycles. The number of carbonyl (C=O) groups is 1. The normalized spacial score (nSPS) is 15.0. The van der Waals surface area contributed by atoms with Crippen molar-refractivity contribution in [1.82, 2.24) is 14.9 Å². The molecule has 6 nitrogen and oxygen atoms in total. The van der Waals surface area contributed by atoms with E-state index in [1.165, 1.54) is 24.6 Å². The first-order chi connectivity index (χ1) is 12.6. The molecule has 1 saturated carbocycles. The molecule has 0 unspecified atom stereocenters. The van der Waals surface area contributed by atoms with Gasteiger partial charge in [-0.3, -0.25) is 14.2 Å². The Bertz CT molecular complexity index is 897. The number of carbonyl (C=O) groups excluding carboxylic acids is 1. The summed E-state index contributed by atoms with van der Waals surface area (Å²) in [5, 5.41) is 2.78. The summed E-state index contributed by atoms with van der Waals surface area (Å²) in [5.41, 5.74) is -1.34. The molecule has 1 aliphatic carbocycles. The van der Waals surface area contributed by atoms with Crippen molar-refractivity contribution in [2.24, 2.45) is 5.92 Å². The van der Waals surface area contributed by atoms with Gasteiger partial charge in [0.1, 0.15) is 11.4 Å². The van der Waals surface area contributed by atoms with Crippen LogP contribution in [0.2, 0.25) is 0 Å². The van der Waals surface area contributed by atoms with Crippen LogP contribution in [-0.2, 0) is 6.54 Å². The second-order valence-corrected chi connectivity index (χ2v) is 6.70. The van der Waals surface area contributed by atoms with E-state index in [0.29, 0.717) is 12.5 Å². The predicted octanol–water partition coefficient (Wildman–Crippen LogP) is 2.03. The molecule has 3 rings (SSSR count). The summed E-state index contributed by atoms with van der Waals surface area (Å²) in [7, 11) is 0. The van der Waals surface area contributed by atoms with Crippen LogP contribution in [0.4, 0.5) is 4.39 Å². The minimum absolute atomic E-state index is 0.142. The first kappa shape index (κ1) is 18.1.